The highest BCUT2D eigenvalue weighted by atomic mass is 16.5. The summed E-state index contributed by atoms with van der Waals surface area (Å²) in [6.45, 7) is 2.49. The SMILES string of the molecule is CCOc1cncc(OC2CCCC(N)C2)n1. The number of ether oxygens (including phenoxy) is 2. The molecule has 0 bridgehead atoms. The zero-order valence-corrected chi connectivity index (χ0v) is 10.1. The molecule has 1 heterocycles. The lowest BCUT2D eigenvalue weighted by Gasteiger charge is -2.26. The molecule has 1 fully saturated rings. The molecule has 0 radical (unpaired) electrons. The first-order valence-electron chi connectivity index (χ1n) is 6.15. The Morgan fingerprint density at radius 1 is 1.35 bits per heavy atom. The Kier molecular flexibility index (Phi) is 4.14. The average molecular weight is 237 g/mol. The Morgan fingerprint density at radius 2 is 2.18 bits per heavy atom. The molecule has 2 atom stereocenters. The molecule has 0 amide bonds. The van der Waals surface area contributed by atoms with Crippen molar-refractivity contribution in [1.82, 2.24) is 9.97 Å². The summed E-state index contributed by atoms with van der Waals surface area (Å²) in [7, 11) is 0. The van der Waals surface area contributed by atoms with E-state index < -0.39 is 0 Å². The molecule has 1 aromatic heterocycles. The third-order valence-corrected chi connectivity index (χ3v) is 2.84. The fourth-order valence-electron chi connectivity index (χ4n) is 2.06. The summed E-state index contributed by atoms with van der Waals surface area (Å²) in [5.41, 5.74) is 5.92. The van der Waals surface area contributed by atoms with Gasteiger partial charge in [0.1, 0.15) is 6.10 Å². The van der Waals surface area contributed by atoms with Crippen LogP contribution in [0.1, 0.15) is 32.6 Å². The molecule has 1 aliphatic carbocycles. The topological polar surface area (TPSA) is 70.3 Å². The van der Waals surface area contributed by atoms with E-state index in [9.17, 15) is 0 Å². The van der Waals surface area contributed by atoms with E-state index in [0.717, 1.165) is 25.7 Å². The Bertz CT molecular complexity index is 359. The van der Waals surface area contributed by atoms with Crippen LogP contribution in [-0.2, 0) is 0 Å². The second-order valence-corrected chi connectivity index (χ2v) is 4.30. The molecule has 0 aliphatic heterocycles. The first-order valence-corrected chi connectivity index (χ1v) is 6.15. The highest BCUT2D eigenvalue weighted by Crippen LogP contribution is 2.22. The van der Waals surface area contributed by atoms with Crippen molar-refractivity contribution in [3.8, 4) is 11.8 Å². The van der Waals surface area contributed by atoms with E-state index in [1.807, 2.05) is 6.92 Å². The van der Waals surface area contributed by atoms with Crippen molar-refractivity contribution in [1.29, 1.82) is 0 Å². The third kappa shape index (κ3) is 3.56. The van der Waals surface area contributed by atoms with E-state index >= 15 is 0 Å². The smallest absolute Gasteiger partial charge is 0.235 e. The van der Waals surface area contributed by atoms with Gasteiger partial charge in [0, 0.05) is 6.04 Å². The standard InChI is InChI=1S/C12H19N3O2/c1-2-16-11-7-14-8-12(15-11)17-10-5-3-4-9(13)6-10/h7-10H,2-6,13H2,1H3. The van der Waals surface area contributed by atoms with Crippen LogP contribution in [0.15, 0.2) is 12.4 Å². The van der Waals surface area contributed by atoms with Gasteiger partial charge < -0.3 is 15.2 Å². The van der Waals surface area contributed by atoms with Crippen LogP contribution < -0.4 is 15.2 Å². The van der Waals surface area contributed by atoms with Crippen LogP contribution in [0.2, 0.25) is 0 Å². The normalized spacial score (nSPS) is 24.4. The van der Waals surface area contributed by atoms with Gasteiger partial charge in [0.05, 0.1) is 19.0 Å². The Hall–Kier alpha value is -1.36. The van der Waals surface area contributed by atoms with Crippen LogP contribution >= 0.6 is 0 Å². The molecule has 2 N–H and O–H groups in total. The zero-order valence-electron chi connectivity index (χ0n) is 10.1. The van der Waals surface area contributed by atoms with Gasteiger partial charge in [0.15, 0.2) is 0 Å². The summed E-state index contributed by atoms with van der Waals surface area (Å²) >= 11 is 0. The van der Waals surface area contributed by atoms with Crippen LogP contribution in [0.4, 0.5) is 0 Å². The fourth-order valence-corrected chi connectivity index (χ4v) is 2.06. The first-order chi connectivity index (χ1) is 8.28. The maximum Gasteiger partial charge on any atom is 0.235 e. The predicted molar refractivity (Wildman–Crippen MR) is 64.1 cm³/mol. The van der Waals surface area contributed by atoms with E-state index in [2.05, 4.69) is 9.97 Å². The van der Waals surface area contributed by atoms with Crippen molar-refractivity contribution >= 4 is 0 Å². The van der Waals surface area contributed by atoms with E-state index in [-0.39, 0.29) is 12.1 Å². The van der Waals surface area contributed by atoms with Gasteiger partial charge in [0.2, 0.25) is 11.8 Å². The van der Waals surface area contributed by atoms with Gasteiger partial charge in [-0.15, -0.1) is 0 Å². The van der Waals surface area contributed by atoms with E-state index in [1.165, 1.54) is 0 Å². The quantitative estimate of drug-likeness (QED) is 0.859. The number of nitrogens with zero attached hydrogens (tertiary/aromatic N) is 2. The summed E-state index contributed by atoms with van der Waals surface area (Å²) in [4.78, 5) is 8.28. The molecule has 1 saturated carbocycles. The molecule has 1 aliphatic rings. The van der Waals surface area contributed by atoms with Crippen molar-refractivity contribution in [2.45, 2.75) is 44.8 Å². The summed E-state index contributed by atoms with van der Waals surface area (Å²) < 4.78 is 11.1. The van der Waals surface area contributed by atoms with Crippen molar-refractivity contribution < 1.29 is 9.47 Å². The molecule has 17 heavy (non-hydrogen) atoms. The number of aromatic nitrogens is 2. The van der Waals surface area contributed by atoms with Gasteiger partial charge in [-0.3, -0.25) is 4.98 Å². The fraction of sp³-hybridized carbons (Fsp3) is 0.667. The van der Waals surface area contributed by atoms with Crippen molar-refractivity contribution in [3.63, 3.8) is 0 Å². The highest BCUT2D eigenvalue weighted by molar-refractivity contribution is 5.13. The molecule has 5 heteroatoms. The number of hydrogen-bond acceptors (Lipinski definition) is 5. The van der Waals surface area contributed by atoms with Crippen molar-refractivity contribution in [2.75, 3.05) is 6.61 Å². The van der Waals surface area contributed by atoms with E-state index in [0.29, 0.717) is 18.4 Å². The van der Waals surface area contributed by atoms with Crippen LogP contribution in [0.3, 0.4) is 0 Å². The lowest BCUT2D eigenvalue weighted by Crippen LogP contribution is -2.33. The minimum Gasteiger partial charge on any atom is -0.477 e. The lowest BCUT2D eigenvalue weighted by atomic mass is 9.94. The van der Waals surface area contributed by atoms with Crippen LogP contribution in [-0.4, -0.2) is 28.7 Å². The minimum atomic E-state index is 0.157. The number of rotatable bonds is 4. The summed E-state index contributed by atoms with van der Waals surface area (Å²) in [6, 6.07) is 0.247. The Morgan fingerprint density at radius 3 is 2.94 bits per heavy atom. The van der Waals surface area contributed by atoms with Gasteiger partial charge in [0.25, 0.3) is 0 Å². The Balaban J connectivity index is 1.95. The van der Waals surface area contributed by atoms with Gasteiger partial charge in [-0.25, -0.2) is 0 Å². The molecule has 2 rings (SSSR count). The second-order valence-electron chi connectivity index (χ2n) is 4.30. The summed E-state index contributed by atoms with van der Waals surface area (Å²) in [5, 5.41) is 0. The highest BCUT2D eigenvalue weighted by Gasteiger charge is 2.21. The van der Waals surface area contributed by atoms with Crippen molar-refractivity contribution in [3.05, 3.63) is 12.4 Å². The zero-order chi connectivity index (χ0) is 12.1. The monoisotopic (exact) mass is 237 g/mol. The third-order valence-electron chi connectivity index (χ3n) is 2.84. The molecule has 0 saturated heterocycles. The molecule has 0 aromatic carbocycles. The molecule has 94 valence electrons. The predicted octanol–water partition coefficient (Wildman–Crippen LogP) is 1.52. The van der Waals surface area contributed by atoms with Gasteiger partial charge >= 0.3 is 0 Å². The molecule has 0 spiro atoms. The first kappa shape index (κ1) is 12.1. The summed E-state index contributed by atoms with van der Waals surface area (Å²) in [5.74, 6) is 1.03. The molecular formula is C12H19N3O2. The van der Waals surface area contributed by atoms with E-state index in [4.69, 9.17) is 15.2 Å². The van der Waals surface area contributed by atoms with Crippen LogP contribution in [0, 0.1) is 0 Å². The van der Waals surface area contributed by atoms with Gasteiger partial charge in [-0.1, -0.05) is 0 Å². The molecule has 1 aromatic rings. The molecular weight excluding hydrogens is 218 g/mol. The summed E-state index contributed by atoms with van der Waals surface area (Å²) in [6.07, 6.45) is 7.49. The van der Waals surface area contributed by atoms with Gasteiger partial charge in [-0.05, 0) is 32.6 Å². The van der Waals surface area contributed by atoms with Gasteiger partial charge in [-0.2, -0.15) is 4.98 Å². The number of nitrogens with two attached hydrogens (primary N) is 1. The maximum absolute atomic E-state index is 5.92. The lowest BCUT2D eigenvalue weighted by molar-refractivity contribution is 0.136. The van der Waals surface area contributed by atoms with Crippen LogP contribution in [0.5, 0.6) is 11.8 Å². The minimum absolute atomic E-state index is 0.157. The molecule has 2 unspecified atom stereocenters. The van der Waals surface area contributed by atoms with Crippen molar-refractivity contribution in [2.24, 2.45) is 5.73 Å². The second kappa shape index (κ2) is 5.82. The average Bonchev–Trinajstić information content (AvgIpc) is 2.30. The largest absolute Gasteiger partial charge is 0.477 e. The maximum atomic E-state index is 5.92. The van der Waals surface area contributed by atoms with E-state index in [1.54, 1.807) is 12.4 Å². The molecule has 5 nitrogen and oxygen atoms in total. The number of hydrogen-bond donors (Lipinski definition) is 1. The Labute approximate surface area is 101 Å². The van der Waals surface area contributed by atoms with Crippen LogP contribution in [0.25, 0.3) is 0 Å².